The molecule has 1 unspecified atom stereocenters. The number of aromatic nitrogens is 1. The summed E-state index contributed by atoms with van der Waals surface area (Å²) in [5.74, 6) is 0.307. The largest absolute Gasteiger partial charge is 0.417 e. The molecule has 1 fully saturated rings. The minimum Gasteiger partial charge on any atom is -0.353 e. The average Bonchev–Trinajstić information content (AvgIpc) is 2.45. The van der Waals surface area contributed by atoms with E-state index in [1.54, 1.807) is 9.80 Å². The van der Waals surface area contributed by atoms with E-state index in [9.17, 15) is 18.0 Å². The molecule has 1 aliphatic heterocycles. The Balaban J connectivity index is 2.09. The number of pyridine rings is 1. The Kier molecular flexibility index (Phi) is 4.95. The number of piperazine rings is 1. The first-order valence-corrected chi connectivity index (χ1v) is 6.95. The molecule has 116 valence electrons. The number of rotatable bonds is 3. The van der Waals surface area contributed by atoms with Crippen LogP contribution in [0.5, 0.6) is 0 Å². The minimum atomic E-state index is -4.47. The molecule has 9 heteroatoms. The summed E-state index contributed by atoms with van der Waals surface area (Å²) in [5.41, 5.74) is -1.57. The number of alkyl halides is 4. The van der Waals surface area contributed by atoms with Gasteiger partial charge in [-0.15, -0.1) is 0 Å². The second-order valence-corrected chi connectivity index (χ2v) is 5.41. The Morgan fingerprint density at radius 3 is 2.38 bits per heavy atom. The number of hydrogen-bond donors (Lipinski definition) is 0. The Morgan fingerprint density at radius 1 is 1.29 bits per heavy atom. The fourth-order valence-electron chi connectivity index (χ4n) is 2.08. The molecular formula is C12H12Cl2F3N3O. The zero-order valence-corrected chi connectivity index (χ0v) is 12.3. The van der Waals surface area contributed by atoms with Crippen LogP contribution in [0.15, 0.2) is 12.3 Å². The smallest absolute Gasteiger partial charge is 0.353 e. The van der Waals surface area contributed by atoms with E-state index in [0.717, 1.165) is 12.3 Å². The molecule has 0 radical (unpaired) electrons. The summed E-state index contributed by atoms with van der Waals surface area (Å²) in [5, 5.41) is -0.0453. The molecule has 1 saturated heterocycles. The van der Waals surface area contributed by atoms with E-state index >= 15 is 0 Å². The topological polar surface area (TPSA) is 36.4 Å². The second kappa shape index (κ2) is 6.37. The molecule has 2 rings (SSSR count). The molecule has 2 heterocycles. The molecule has 1 atom stereocenters. The number of carbonyl (C=O) groups excluding carboxylic acids is 1. The zero-order chi connectivity index (χ0) is 15.6. The second-order valence-electron chi connectivity index (χ2n) is 4.56. The first-order chi connectivity index (χ1) is 9.82. The molecule has 1 aromatic heterocycles. The highest BCUT2D eigenvalue weighted by Crippen LogP contribution is 2.33. The first kappa shape index (κ1) is 16.3. The molecular weight excluding hydrogens is 330 g/mol. The van der Waals surface area contributed by atoms with Gasteiger partial charge in [0.15, 0.2) is 6.29 Å². The van der Waals surface area contributed by atoms with Crippen molar-refractivity contribution in [3.63, 3.8) is 0 Å². The third kappa shape index (κ3) is 3.78. The Bertz CT molecular complexity index is 519. The Morgan fingerprint density at radius 2 is 1.90 bits per heavy atom. The lowest BCUT2D eigenvalue weighted by molar-refractivity contribution is -0.137. The molecule has 0 amide bonds. The first-order valence-electron chi connectivity index (χ1n) is 6.14. The summed E-state index contributed by atoms with van der Waals surface area (Å²) in [6.07, 6.45) is -3.06. The minimum absolute atomic E-state index is 0.0453. The summed E-state index contributed by atoms with van der Waals surface area (Å²) in [4.78, 5) is 18.0. The highest BCUT2D eigenvalue weighted by molar-refractivity contribution is 6.33. The van der Waals surface area contributed by atoms with Gasteiger partial charge in [0.2, 0.25) is 0 Å². The summed E-state index contributed by atoms with van der Waals surface area (Å²) < 4.78 is 37.7. The van der Waals surface area contributed by atoms with Crippen LogP contribution < -0.4 is 4.90 Å². The number of halogens is 5. The maximum atomic E-state index is 12.6. The van der Waals surface area contributed by atoms with Crippen molar-refractivity contribution in [3.8, 4) is 0 Å². The fraction of sp³-hybridized carbons (Fsp3) is 0.500. The molecule has 0 N–H and O–H groups in total. The van der Waals surface area contributed by atoms with Gasteiger partial charge in [0.1, 0.15) is 11.3 Å². The monoisotopic (exact) mass is 341 g/mol. The van der Waals surface area contributed by atoms with Crippen molar-refractivity contribution in [1.29, 1.82) is 0 Å². The zero-order valence-electron chi connectivity index (χ0n) is 10.8. The van der Waals surface area contributed by atoms with Crippen LogP contribution in [0, 0.1) is 0 Å². The van der Waals surface area contributed by atoms with Gasteiger partial charge >= 0.3 is 6.18 Å². The predicted octanol–water partition coefficient (Wildman–Crippen LogP) is 2.64. The summed E-state index contributed by atoms with van der Waals surface area (Å²) in [7, 11) is 0. The van der Waals surface area contributed by atoms with Crippen molar-refractivity contribution in [2.24, 2.45) is 0 Å². The lowest BCUT2D eigenvalue weighted by Crippen LogP contribution is -2.49. The van der Waals surface area contributed by atoms with Crippen molar-refractivity contribution in [3.05, 3.63) is 22.8 Å². The third-order valence-electron chi connectivity index (χ3n) is 3.22. The van der Waals surface area contributed by atoms with Gasteiger partial charge in [-0.3, -0.25) is 4.90 Å². The Labute approximate surface area is 129 Å². The normalized spacial score (nSPS) is 18.6. The predicted molar refractivity (Wildman–Crippen MR) is 73.7 cm³/mol. The number of aldehydes is 1. The summed E-state index contributed by atoms with van der Waals surface area (Å²) in [6.45, 7) is 1.97. The molecule has 0 aliphatic carbocycles. The highest BCUT2D eigenvalue weighted by Gasteiger charge is 2.32. The lowest BCUT2D eigenvalue weighted by atomic mass is 10.2. The van der Waals surface area contributed by atoms with Crippen molar-refractivity contribution < 1.29 is 18.0 Å². The number of nitrogens with zero attached hydrogens (tertiary/aromatic N) is 3. The average molecular weight is 342 g/mol. The van der Waals surface area contributed by atoms with Crippen LogP contribution in [0.3, 0.4) is 0 Å². The molecule has 0 aromatic carbocycles. The SMILES string of the molecule is O=CC(Cl)N1CCN(c2ncc(C(F)(F)F)cc2Cl)CC1. The summed E-state index contributed by atoms with van der Waals surface area (Å²) in [6, 6.07) is 0.867. The van der Waals surface area contributed by atoms with Gasteiger partial charge in [-0.25, -0.2) is 4.98 Å². The van der Waals surface area contributed by atoms with Crippen LogP contribution in [0.1, 0.15) is 5.56 Å². The van der Waals surface area contributed by atoms with Crippen LogP contribution in [-0.2, 0) is 11.0 Å². The molecule has 0 spiro atoms. The lowest BCUT2D eigenvalue weighted by Gasteiger charge is -2.36. The molecule has 4 nitrogen and oxygen atoms in total. The fourth-order valence-corrected chi connectivity index (χ4v) is 2.57. The van der Waals surface area contributed by atoms with Crippen LogP contribution in [-0.4, -0.2) is 47.9 Å². The molecule has 1 aromatic rings. The molecule has 0 saturated carbocycles. The van der Waals surface area contributed by atoms with E-state index < -0.39 is 17.2 Å². The van der Waals surface area contributed by atoms with Gasteiger partial charge in [-0.05, 0) is 6.07 Å². The van der Waals surface area contributed by atoms with Crippen LogP contribution >= 0.6 is 23.2 Å². The van der Waals surface area contributed by atoms with Crippen molar-refractivity contribution in [2.75, 3.05) is 31.1 Å². The van der Waals surface area contributed by atoms with Crippen LogP contribution in [0.4, 0.5) is 19.0 Å². The van der Waals surface area contributed by atoms with Gasteiger partial charge in [0, 0.05) is 32.4 Å². The van der Waals surface area contributed by atoms with Gasteiger partial charge < -0.3 is 9.69 Å². The number of anilines is 1. The molecule has 0 bridgehead atoms. The van der Waals surface area contributed by atoms with E-state index in [4.69, 9.17) is 23.2 Å². The van der Waals surface area contributed by atoms with E-state index in [2.05, 4.69) is 4.98 Å². The number of carbonyl (C=O) groups is 1. The van der Waals surface area contributed by atoms with Gasteiger partial charge in [0.25, 0.3) is 0 Å². The third-order valence-corrected chi connectivity index (χ3v) is 3.88. The van der Waals surface area contributed by atoms with Crippen molar-refractivity contribution in [2.45, 2.75) is 11.7 Å². The van der Waals surface area contributed by atoms with Crippen LogP contribution in [0.25, 0.3) is 0 Å². The maximum absolute atomic E-state index is 12.6. The standard InChI is InChI=1S/C12H12Cl2F3N3O/c13-9-5-8(12(15,16)17)6-18-11(9)20-3-1-19(2-4-20)10(14)7-21/h5-7,10H,1-4H2. The summed E-state index contributed by atoms with van der Waals surface area (Å²) >= 11 is 11.7. The number of hydrogen-bond acceptors (Lipinski definition) is 4. The highest BCUT2D eigenvalue weighted by atomic mass is 35.5. The van der Waals surface area contributed by atoms with E-state index in [1.165, 1.54) is 0 Å². The molecule has 21 heavy (non-hydrogen) atoms. The quantitative estimate of drug-likeness (QED) is 0.481. The van der Waals surface area contributed by atoms with Crippen LogP contribution in [0.2, 0.25) is 5.02 Å². The van der Waals surface area contributed by atoms with E-state index in [1.807, 2.05) is 0 Å². The van der Waals surface area contributed by atoms with Crippen molar-refractivity contribution >= 4 is 35.3 Å². The van der Waals surface area contributed by atoms with E-state index in [0.29, 0.717) is 38.3 Å². The van der Waals surface area contributed by atoms with Gasteiger partial charge in [0.05, 0.1) is 10.6 Å². The van der Waals surface area contributed by atoms with Gasteiger partial charge in [-0.2, -0.15) is 13.2 Å². The van der Waals surface area contributed by atoms with Crippen molar-refractivity contribution in [1.82, 2.24) is 9.88 Å². The van der Waals surface area contributed by atoms with Gasteiger partial charge in [-0.1, -0.05) is 23.2 Å². The Hall–Kier alpha value is -1.05. The molecule has 1 aliphatic rings. The van der Waals surface area contributed by atoms with E-state index in [-0.39, 0.29) is 5.02 Å². The maximum Gasteiger partial charge on any atom is 0.417 e.